The summed E-state index contributed by atoms with van der Waals surface area (Å²) < 4.78 is 0. The van der Waals surface area contributed by atoms with Gasteiger partial charge in [-0.2, -0.15) is 5.26 Å². The van der Waals surface area contributed by atoms with Gasteiger partial charge in [-0.25, -0.2) is 0 Å². The molecule has 0 aromatic rings. The third-order valence-electron chi connectivity index (χ3n) is 9.48. The van der Waals surface area contributed by atoms with Gasteiger partial charge in [0.15, 0.2) is 5.78 Å². The highest BCUT2D eigenvalue weighted by molar-refractivity contribution is 5.92. The second kappa shape index (κ2) is 4.67. The first-order chi connectivity index (χ1) is 11.9. The Balaban J connectivity index is 1.60. The van der Waals surface area contributed by atoms with Crippen molar-refractivity contribution in [3.8, 4) is 6.07 Å². The molecule has 0 aliphatic heterocycles. The Morgan fingerprint density at radius 3 is 2.80 bits per heavy atom. The molecule has 0 radical (unpaired) electrons. The number of hydrogen-bond donors (Lipinski definition) is 0. The minimum absolute atomic E-state index is 0.0965. The molecule has 3 saturated carbocycles. The van der Waals surface area contributed by atoms with E-state index >= 15 is 0 Å². The third-order valence-corrected chi connectivity index (χ3v) is 9.48. The van der Waals surface area contributed by atoms with Gasteiger partial charge in [0.25, 0.3) is 0 Å². The van der Waals surface area contributed by atoms with Crippen LogP contribution in [-0.2, 0) is 4.79 Å². The molecule has 2 nitrogen and oxygen atoms in total. The average Bonchev–Trinajstić information content (AvgIpc) is 3.33. The van der Waals surface area contributed by atoms with Gasteiger partial charge in [0, 0.05) is 6.42 Å². The highest BCUT2D eigenvalue weighted by Gasteiger charge is 2.75. The molecule has 0 heterocycles. The molecule has 5 aliphatic carbocycles. The average molecular weight is 335 g/mol. The molecule has 0 bridgehead atoms. The zero-order valence-corrected chi connectivity index (χ0v) is 15.7. The zero-order chi connectivity index (χ0) is 17.6. The van der Waals surface area contributed by atoms with Crippen LogP contribution in [0.25, 0.3) is 0 Å². The van der Waals surface area contributed by atoms with Crippen LogP contribution in [0, 0.1) is 57.2 Å². The number of hydrogen-bond acceptors (Lipinski definition) is 2. The van der Waals surface area contributed by atoms with E-state index in [4.69, 9.17) is 0 Å². The van der Waals surface area contributed by atoms with Gasteiger partial charge in [0.2, 0.25) is 0 Å². The monoisotopic (exact) mass is 335 g/mol. The normalized spacial score (nSPS) is 55.4. The van der Waals surface area contributed by atoms with Crippen molar-refractivity contribution < 1.29 is 4.79 Å². The molecule has 0 unspecified atom stereocenters. The van der Waals surface area contributed by atoms with E-state index in [2.05, 4.69) is 39.0 Å². The quantitative estimate of drug-likeness (QED) is 0.671. The van der Waals surface area contributed by atoms with Crippen LogP contribution in [0.3, 0.4) is 0 Å². The van der Waals surface area contributed by atoms with E-state index in [1.807, 2.05) is 6.08 Å². The summed E-state index contributed by atoms with van der Waals surface area (Å²) in [5.41, 5.74) is 1.53. The maximum absolute atomic E-state index is 11.9. The first-order valence-electron chi connectivity index (χ1n) is 10.3. The Morgan fingerprint density at radius 2 is 2.08 bits per heavy atom. The maximum Gasteiger partial charge on any atom is 0.156 e. The summed E-state index contributed by atoms with van der Waals surface area (Å²) in [6, 6.07) is 2.85. The molecule has 5 rings (SSSR count). The minimum Gasteiger partial charge on any atom is -0.295 e. The molecule has 0 amide bonds. The Hall–Kier alpha value is -1.36. The van der Waals surface area contributed by atoms with Crippen LogP contribution in [0.5, 0.6) is 0 Å². The van der Waals surface area contributed by atoms with Crippen LogP contribution in [0.2, 0.25) is 0 Å². The number of fused-ring (bicyclic) bond motifs is 7. The second-order valence-electron chi connectivity index (χ2n) is 9.95. The van der Waals surface area contributed by atoms with E-state index in [1.54, 1.807) is 0 Å². The smallest absolute Gasteiger partial charge is 0.156 e. The summed E-state index contributed by atoms with van der Waals surface area (Å²) in [5, 5.41) is 10.2. The van der Waals surface area contributed by atoms with Crippen LogP contribution < -0.4 is 0 Å². The fourth-order valence-electron chi connectivity index (χ4n) is 8.11. The lowest BCUT2D eigenvalue weighted by Gasteiger charge is -2.58. The van der Waals surface area contributed by atoms with Gasteiger partial charge in [-0.15, -0.1) is 0 Å². The van der Waals surface area contributed by atoms with Crippen LogP contribution in [-0.4, -0.2) is 5.78 Å². The molecule has 0 saturated heterocycles. The van der Waals surface area contributed by atoms with E-state index < -0.39 is 0 Å². The van der Waals surface area contributed by atoms with Crippen LogP contribution in [0.4, 0.5) is 0 Å². The lowest BCUT2D eigenvalue weighted by Crippen LogP contribution is -2.52. The predicted octanol–water partition coefficient (Wildman–Crippen LogP) is 5.07. The number of carbonyl (C=O) groups is 1. The topological polar surface area (TPSA) is 40.9 Å². The molecular weight excluding hydrogens is 306 g/mol. The Morgan fingerprint density at radius 1 is 1.28 bits per heavy atom. The first-order valence-corrected chi connectivity index (χ1v) is 10.3. The lowest BCUT2D eigenvalue weighted by atomic mass is 9.45. The molecule has 132 valence electrons. The number of nitriles is 1. The van der Waals surface area contributed by atoms with Crippen molar-refractivity contribution in [3.63, 3.8) is 0 Å². The number of ketones is 1. The van der Waals surface area contributed by atoms with Crippen molar-refractivity contribution in [3.05, 3.63) is 23.8 Å². The first kappa shape index (κ1) is 15.9. The number of rotatable bonds is 1. The van der Waals surface area contributed by atoms with Crippen molar-refractivity contribution in [1.82, 2.24) is 0 Å². The highest BCUT2D eigenvalue weighted by Crippen LogP contribution is 2.79. The molecule has 2 heteroatoms. The SMILES string of the molecule is CC[C@]1(C#N)[C@H]2C[C@H]2[C@H]2[C@@H]3C=CC4=CC(=O)CC[C@]4(C)[C@H]3CC[C@@]21C. The summed E-state index contributed by atoms with van der Waals surface area (Å²) in [4.78, 5) is 11.9. The summed E-state index contributed by atoms with van der Waals surface area (Å²) in [6.07, 6.45) is 13.1. The fourth-order valence-corrected chi connectivity index (χ4v) is 8.11. The zero-order valence-electron chi connectivity index (χ0n) is 15.7. The van der Waals surface area contributed by atoms with Crippen molar-refractivity contribution >= 4 is 5.78 Å². The highest BCUT2D eigenvalue weighted by atomic mass is 16.1. The van der Waals surface area contributed by atoms with Gasteiger partial charge >= 0.3 is 0 Å². The molecular formula is C23H29NO. The van der Waals surface area contributed by atoms with Crippen LogP contribution in [0.1, 0.15) is 59.3 Å². The van der Waals surface area contributed by atoms with Crippen molar-refractivity contribution in [2.45, 2.75) is 59.3 Å². The van der Waals surface area contributed by atoms with Crippen molar-refractivity contribution in [2.75, 3.05) is 0 Å². The summed E-state index contributed by atoms with van der Waals surface area (Å²) >= 11 is 0. The predicted molar refractivity (Wildman–Crippen MR) is 97.3 cm³/mol. The molecule has 3 fully saturated rings. The van der Waals surface area contributed by atoms with Crippen LogP contribution in [0.15, 0.2) is 23.8 Å². The Kier molecular flexibility index (Phi) is 2.96. The van der Waals surface area contributed by atoms with E-state index in [0.29, 0.717) is 35.9 Å². The number of nitrogens with zero attached hydrogens (tertiary/aromatic N) is 1. The second-order valence-corrected chi connectivity index (χ2v) is 9.95. The molecule has 25 heavy (non-hydrogen) atoms. The van der Waals surface area contributed by atoms with Gasteiger partial charge in [0.1, 0.15) is 0 Å². The summed E-state index contributed by atoms with van der Waals surface area (Å²) in [6.45, 7) is 7.09. The lowest BCUT2D eigenvalue weighted by molar-refractivity contribution is -0.116. The van der Waals surface area contributed by atoms with Gasteiger partial charge in [-0.05, 0) is 84.2 Å². The fraction of sp³-hybridized carbons (Fsp3) is 0.739. The van der Waals surface area contributed by atoms with E-state index in [-0.39, 0.29) is 16.2 Å². The number of allylic oxidation sites excluding steroid dienone is 4. The van der Waals surface area contributed by atoms with Gasteiger partial charge < -0.3 is 0 Å². The Labute approximate surface area is 151 Å². The molecule has 0 spiro atoms. The standard InChI is InChI=1S/C23H29NO/c1-4-23(13-24)19-12-17(19)20-16-6-5-14-11-15(25)7-9-21(14,2)18(16)8-10-22(20,23)3/h5-6,11,16-20H,4,7-10,12H2,1-3H3/t16-,17-,18+,19+,20-,21+,22+,23+/m1/s1. The summed E-state index contributed by atoms with van der Waals surface area (Å²) in [7, 11) is 0. The van der Waals surface area contributed by atoms with E-state index in [9.17, 15) is 10.1 Å². The van der Waals surface area contributed by atoms with Crippen molar-refractivity contribution in [2.24, 2.45) is 45.8 Å². The molecule has 8 atom stereocenters. The molecule has 0 aromatic heterocycles. The van der Waals surface area contributed by atoms with E-state index in [0.717, 1.165) is 18.8 Å². The van der Waals surface area contributed by atoms with Crippen LogP contribution >= 0.6 is 0 Å². The largest absolute Gasteiger partial charge is 0.295 e. The molecule has 5 aliphatic rings. The molecule has 0 N–H and O–H groups in total. The number of carbonyl (C=O) groups excluding carboxylic acids is 1. The maximum atomic E-state index is 11.9. The van der Waals surface area contributed by atoms with Gasteiger partial charge in [0.05, 0.1) is 11.5 Å². The van der Waals surface area contributed by atoms with E-state index in [1.165, 1.54) is 24.8 Å². The Bertz CT molecular complexity index is 757. The van der Waals surface area contributed by atoms with Gasteiger partial charge in [-0.3, -0.25) is 4.79 Å². The van der Waals surface area contributed by atoms with Gasteiger partial charge in [-0.1, -0.05) is 32.9 Å². The third kappa shape index (κ3) is 1.64. The molecule has 0 aromatic carbocycles. The van der Waals surface area contributed by atoms with Crippen molar-refractivity contribution in [1.29, 1.82) is 5.26 Å². The minimum atomic E-state index is -0.0965. The summed E-state index contributed by atoms with van der Waals surface area (Å²) in [5.74, 6) is 3.63.